The number of halogens is 3. The zero-order valence-electron chi connectivity index (χ0n) is 17.3. The Morgan fingerprint density at radius 1 is 1.00 bits per heavy atom. The quantitative estimate of drug-likeness (QED) is 0.272. The van der Waals surface area contributed by atoms with Gasteiger partial charge in [0.25, 0.3) is 11.8 Å². The number of hydrogen-bond donors (Lipinski definition) is 1. The Morgan fingerprint density at radius 3 is 2.35 bits per heavy atom. The number of carbonyl (C=O) groups excluding carboxylic acids is 2. The molecule has 1 aliphatic rings. The smallest absolute Gasteiger partial charge is 0.285 e. The van der Waals surface area contributed by atoms with Gasteiger partial charge in [0, 0.05) is 26.2 Å². The maximum atomic E-state index is 12.8. The van der Waals surface area contributed by atoms with E-state index in [4.69, 9.17) is 51.8 Å². The average molecular weight is 550 g/mol. The van der Waals surface area contributed by atoms with Crippen LogP contribution in [0.25, 0.3) is 6.08 Å². The van der Waals surface area contributed by atoms with Gasteiger partial charge in [0.1, 0.15) is 12.4 Å². The molecule has 10 heteroatoms. The number of ether oxygens (including phenoxy) is 1. The molecule has 0 spiro atoms. The van der Waals surface area contributed by atoms with Gasteiger partial charge >= 0.3 is 0 Å². The van der Waals surface area contributed by atoms with Crippen molar-refractivity contribution in [3.8, 4) is 5.75 Å². The van der Waals surface area contributed by atoms with Crippen LogP contribution in [0.3, 0.4) is 0 Å². The second-order valence-corrected chi connectivity index (χ2v) is 10.0. The van der Waals surface area contributed by atoms with Crippen molar-refractivity contribution in [2.45, 2.75) is 6.61 Å². The summed E-state index contributed by atoms with van der Waals surface area (Å²) in [4.78, 5) is 25.6. The zero-order chi connectivity index (χ0) is 24.2. The third-order valence-electron chi connectivity index (χ3n) is 4.70. The number of nitrogens with zero attached hydrogens (tertiary/aromatic N) is 1. The molecule has 0 atom stereocenters. The van der Waals surface area contributed by atoms with Crippen LogP contribution in [0.4, 0.5) is 0 Å². The highest BCUT2D eigenvalue weighted by molar-refractivity contribution is 8.26. The molecular weight excluding hydrogens is 535 g/mol. The number of thiocarbonyl (C=S) groups is 1. The highest BCUT2D eigenvalue weighted by Gasteiger charge is 2.33. The first-order valence-electron chi connectivity index (χ1n) is 9.81. The number of benzene rings is 3. The van der Waals surface area contributed by atoms with Crippen molar-refractivity contribution < 1.29 is 14.3 Å². The molecule has 3 aromatic carbocycles. The minimum absolute atomic E-state index is 0.235. The third-order valence-corrected chi connectivity index (χ3v) is 6.84. The predicted octanol–water partition coefficient (Wildman–Crippen LogP) is 6.77. The molecule has 0 aliphatic carbocycles. The highest BCUT2D eigenvalue weighted by Crippen LogP contribution is 2.32. The summed E-state index contributed by atoms with van der Waals surface area (Å²) in [6.07, 6.45) is 1.70. The van der Waals surface area contributed by atoms with Crippen molar-refractivity contribution >= 4 is 81.0 Å². The normalized spacial score (nSPS) is 14.6. The van der Waals surface area contributed by atoms with Crippen LogP contribution in [0, 0.1) is 0 Å². The summed E-state index contributed by atoms with van der Waals surface area (Å²) in [6.45, 7) is 0.293. The van der Waals surface area contributed by atoms with E-state index in [1.807, 2.05) is 18.2 Å². The fourth-order valence-corrected chi connectivity index (χ4v) is 4.71. The summed E-state index contributed by atoms with van der Waals surface area (Å²) < 4.78 is 6.02. The first-order chi connectivity index (χ1) is 16.3. The van der Waals surface area contributed by atoms with E-state index in [-0.39, 0.29) is 4.32 Å². The third kappa shape index (κ3) is 5.92. The van der Waals surface area contributed by atoms with E-state index in [0.29, 0.717) is 37.9 Å². The summed E-state index contributed by atoms with van der Waals surface area (Å²) >= 11 is 24.3. The molecule has 0 aromatic heterocycles. The molecule has 172 valence electrons. The molecule has 5 nitrogen and oxygen atoms in total. The van der Waals surface area contributed by atoms with Crippen LogP contribution >= 0.6 is 58.8 Å². The van der Waals surface area contributed by atoms with E-state index >= 15 is 0 Å². The van der Waals surface area contributed by atoms with Crippen molar-refractivity contribution in [3.05, 3.63) is 103 Å². The topological polar surface area (TPSA) is 58.6 Å². The van der Waals surface area contributed by atoms with E-state index in [1.54, 1.807) is 54.6 Å². The van der Waals surface area contributed by atoms with Crippen molar-refractivity contribution in [3.63, 3.8) is 0 Å². The number of rotatable bonds is 6. The SMILES string of the molecule is O=C(NN1C(=O)/C(=C\c2ccc(OCc3ccc(Cl)cc3Cl)cc2)SC1=S)c1ccc(Cl)cc1. The largest absolute Gasteiger partial charge is 0.489 e. The summed E-state index contributed by atoms with van der Waals surface area (Å²) in [6, 6.07) is 18.8. The van der Waals surface area contributed by atoms with Gasteiger partial charge in [0.15, 0.2) is 4.32 Å². The first kappa shape index (κ1) is 24.6. The minimum atomic E-state index is -0.462. The maximum Gasteiger partial charge on any atom is 0.285 e. The molecule has 4 rings (SSSR count). The van der Waals surface area contributed by atoms with E-state index < -0.39 is 11.8 Å². The molecule has 3 aromatic rings. The van der Waals surface area contributed by atoms with Crippen LogP contribution in [0.15, 0.2) is 71.6 Å². The van der Waals surface area contributed by atoms with Crippen LogP contribution in [-0.2, 0) is 11.4 Å². The van der Waals surface area contributed by atoms with E-state index in [1.165, 1.54) is 0 Å². The second kappa shape index (κ2) is 10.8. The van der Waals surface area contributed by atoms with Gasteiger partial charge in [-0.2, -0.15) is 5.01 Å². The molecule has 0 bridgehead atoms. The van der Waals surface area contributed by atoms with Gasteiger partial charge in [0.2, 0.25) is 0 Å². The summed E-state index contributed by atoms with van der Waals surface area (Å²) in [7, 11) is 0. The molecule has 34 heavy (non-hydrogen) atoms. The first-order valence-corrected chi connectivity index (χ1v) is 12.2. The van der Waals surface area contributed by atoms with Crippen LogP contribution in [0.2, 0.25) is 15.1 Å². The zero-order valence-corrected chi connectivity index (χ0v) is 21.2. The Kier molecular flexibility index (Phi) is 7.80. The Balaban J connectivity index is 1.39. The number of carbonyl (C=O) groups is 2. The summed E-state index contributed by atoms with van der Waals surface area (Å²) in [5, 5.41) is 2.67. The molecule has 0 radical (unpaired) electrons. The lowest BCUT2D eigenvalue weighted by molar-refractivity contribution is -0.123. The molecule has 1 fully saturated rings. The fraction of sp³-hybridized carbons (Fsp3) is 0.0417. The Hall–Kier alpha value is -2.55. The van der Waals surface area contributed by atoms with Gasteiger partial charge in [-0.15, -0.1) is 0 Å². The van der Waals surface area contributed by atoms with Gasteiger partial charge in [-0.05, 0) is 72.4 Å². The Labute approximate surface area is 220 Å². The van der Waals surface area contributed by atoms with Crippen LogP contribution in [0.5, 0.6) is 5.75 Å². The molecule has 2 amide bonds. The van der Waals surface area contributed by atoms with Crippen molar-refractivity contribution in [1.29, 1.82) is 0 Å². The summed E-state index contributed by atoms with van der Waals surface area (Å²) in [5.41, 5.74) is 4.50. The Bertz CT molecular complexity index is 1300. The van der Waals surface area contributed by atoms with E-state index in [9.17, 15) is 9.59 Å². The van der Waals surface area contributed by atoms with E-state index in [2.05, 4.69) is 5.43 Å². The minimum Gasteiger partial charge on any atom is -0.489 e. The fourth-order valence-electron chi connectivity index (χ4n) is 2.94. The molecular formula is C24H15Cl3N2O3S2. The van der Waals surface area contributed by atoms with Crippen LogP contribution in [-0.4, -0.2) is 21.1 Å². The lowest BCUT2D eigenvalue weighted by Crippen LogP contribution is -2.44. The van der Waals surface area contributed by atoms with Gasteiger partial charge in [-0.1, -0.05) is 64.8 Å². The molecule has 1 aliphatic heterocycles. The second-order valence-electron chi connectivity index (χ2n) is 7.06. The van der Waals surface area contributed by atoms with Crippen molar-refractivity contribution in [2.75, 3.05) is 0 Å². The van der Waals surface area contributed by atoms with E-state index in [0.717, 1.165) is 27.9 Å². The number of hydrogen-bond acceptors (Lipinski definition) is 5. The Morgan fingerprint density at radius 2 is 1.68 bits per heavy atom. The number of thioether (sulfide) groups is 1. The number of amides is 2. The van der Waals surface area contributed by atoms with Gasteiger partial charge < -0.3 is 4.74 Å². The molecule has 1 N–H and O–H groups in total. The van der Waals surface area contributed by atoms with Crippen molar-refractivity contribution in [1.82, 2.24) is 10.4 Å². The molecule has 1 heterocycles. The lowest BCUT2D eigenvalue weighted by Gasteiger charge is -2.15. The lowest BCUT2D eigenvalue weighted by atomic mass is 10.2. The summed E-state index contributed by atoms with van der Waals surface area (Å²) in [5.74, 6) is -0.225. The van der Waals surface area contributed by atoms with Gasteiger partial charge in [0.05, 0.1) is 4.91 Å². The highest BCUT2D eigenvalue weighted by atomic mass is 35.5. The number of hydrazine groups is 1. The van der Waals surface area contributed by atoms with Crippen molar-refractivity contribution in [2.24, 2.45) is 0 Å². The van der Waals surface area contributed by atoms with Gasteiger partial charge in [-0.25, -0.2) is 0 Å². The average Bonchev–Trinajstić information content (AvgIpc) is 3.07. The standard InChI is InChI=1S/C24H15Cl3N2O3S2/c25-17-6-3-15(4-7-17)22(30)28-29-23(31)21(34-24(29)33)11-14-1-9-19(10-2-14)32-13-16-5-8-18(26)12-20(16)27/h1-12H,13H2,(H,28,30)/b21-11+. The van der Waals surface area contributed by atoms with Crippen LogP contribution < -0.4 is 10.2 Å². The predicted molar refractivity (Wildman–Crippen MR) is 141 cm³/mol. The number of nitrogens with one attached hydrogen (secondary N) is 1. The molecule has 1 saturated heterocycles. The van der Waals surface area contributed by atoms with Crippen LogP contribution in [0.1, 0.15) is 21.5 Å². The maximum absolute atomic E-state index is 12.8. The monoisotopic (exact) mass is 548 g/mol. The molecule has 0 unspecified atom stereocenters. The van der Waals surface area contributed by atoms with Gasteiger partial charge in [-0.3, -0.25) is 15.0 Å². The molecule has 0 saturated carbocycles.